The van der Waals surface area contributed by atoms with Gasteiger partial charge in [-0.1, -0.05) is 64.5 Å². The highest BCUT2D eigenvalue weighted by Crippen LogP contribution is 2.38. The van der Waals surface area contributed by atoms with E-state index in [2.05, 4.69) is 67.3 Å². The van der Waals surface area contributed by atoms with E-state index in [0.29, 0.717) is 0 Å². The minimum absolute atomic E-state index is 0.282. The van der Waals surface area contributed by atoms with Crippen molar-refractivity contribution in [2.75, 3.05) is 18.1 Å². The Hall–Kier alpha value is -4.54. The number of rotatable bonds is 18. The molecule has 234 valence electrons. The predicted molar refractivity (Wildman–Crippen MR) is 185 cm³/mol. The summed E-state index contributed by atoms with van der Waals surface area (Å²) in [5.74, 6) is 0.500. The predicted octanol–water partition coefficient (Wildman–Crippen LogP) is 10.8. The van der Waals surface area contributed by atoms with Crippen LogP contribution < -0.4 is 14.4 Å². The Morgan fingerprint density at radius 2 is 1.22 bits per heavy atom. The van der Waals surface area contributed by atoms with Gasteiger partial charge in [-0.3, -0.25) is 0 Å². The van der Waals surface area contributed by atoms with Crippen molar-refractivity contribution in [2.45, 2.75) is 65.2 Å². The Labute approximate surface area is 271 Å². The summed E-state index contributed by atoms with van der Waals surface area (Å²) in [6, 6.07) is 30.2. The summed E-state index contributed by atoms with van der Waals surface area (Å²) in [6.45, 7) is 5.86. The Morgan fingerprint density at radius 1 is 0.733 bits per heavy atom. The highest BCUT2D eigenvalue weighted by molar-refractivity contribution is 7.16. The van der Waals surface area contributed by atoms with Crippen LogP contribution in [-0.4, -0.2) is 24.3 Å². The van der Waals surface area contributed by atoms with Crippen molar-refractivity contribution in [1.82, 2.24) is 0 Å². The van der Waals surface area contributed by atoms with Gasteiger partial charge in [0, 0.05) is 26.8 Å². The monoisotopic (exact) mass is 622 g/mol. The Bertz CT molecular complexity index is 1490. The van der Waals surface area contributed by atoms with E-state index in [1.165, 1.54) is 55.9 Å². The van der Waals surface area contributed by atoms with Crippen LogP contribution in [0.5, 0.6) is 11.5 Å². The number of aliphatic carboxylic acids is 1. The second-order valence-electron chi connectivity index (χ2n) is 10.9. The van der Waals surface area contributed by atoms with E-state index < -0.39 is 5.97 Å². The Kier molecular flexibility index (Phi) is 13.1. The summed E-state index contributed by atoms with van der Waals surface area (Å²) in [5.41, 5.74) is 3.74. The first-order chi connectivity index (χ1) is 22.0. The Morgan fingerprint density at radius 3 is 1.67 bits per heavy atom. The second kappa shape index (κ2) is 17.7. The van der Waals surface area contributed by atoms with E-state index in [-0.39, 0.29) is 5.57 Å². The van der Waals surface area contributed by atoms with Crippen LogP contribution in [0.25, 0.3) is 16.5 Å². The molecule has 0 aliphatic carbocycles. The zero-order chi connectivity index (χ0) is 31.9. The van der Waals surface area contributed by atoms with E-state index in [4.69, 9.17) is 14.7 Å². The maximum Gasteiger partial charge on any atom is 0.346 e. The van der Waals surface area contributed by atoms with E-state index in [1.54, 1.807) is 6.07 Å². The molecule has 0 amide bonds. The number of thiophene rings is 1. The van der Waals surface area contributed by atoms with Gasteiger partial charge < -0.3 is 19.5 Å². The smallest absolute Gasteiger partial charge is 0.346 e. The van der Waals surface area contributed by atoms with E-state index in [0.717, 1.165) is 69.9 Å². The van der Waals surface area contributed by atoms with E-state index >= 15 is 0 Å². The molecule has 0 fully saturated rings. The van der Waals surface area contributed by atoms with Gasteiger partial charge in [-0.15, -0.1) is 11.3 Å². The standard InChI is InChI=1S/C38H42N2O4S/c1-3-5-7-9-25-43-34-19-15-32(16-20-34)40(33-17-21-35(22-18-33)44-26-10-8-6-4-2)31-13-11-29(12-14-31)37-24-23-36(45-37)27-30(28-39)38(41)42/h11-24,27H,3-10,25-26H2,1-2H3,(H,41,42)/b30-27-. The SMILES string of the molecule is CCCCCCOc1ccc(N(c2ccc(OCCCCCC)cc2)c2ccc(-c3ccc(/C=C(/C#N)C(=O)O)s3)cc2)cc1. The number of benzene rings is 3. The summed E-state index contributed by atoms with van der Waals surface area (Å²) in [5, 5.41) is 18.3. The normalized spacial score (nSPS) is 11.2. The van der Waals surface area contributed by atoms with Crippen LogP contribution in [0.15, 0.2) is 90.5 Å². The molecule has 4 rings (SSSR count). The molecule has 0 atom stereocenters. The molecule has 0 radical (unpaired) electrons. The molecule has 1 aromatic heterocycles. The summed E-state index contributed by atoms with van der Waals surface area (Å²) in [4.78, 5) is 15.2. The molecule has 0 saturated heterocycles. The molecule has 45 heavy (non-hydrogen) atoms. The summed E-state index contributed by atoms with van der Waals surface area (Å²) < 4.78 is 12.0. The van der Waals surface area contributed by atoms with Crippen LogP contribution in [0, 0.1) is 11.3 Å². The van der Waals surface area contributed by atoms with Gasteiger partial charge in [-0.2, -0.15) is 5.26 Å². The quantitative estimate of drug-likeness (QED) is 0.0675. The van der Waals surface area contributed by atoms with Crippen molar-refractivity contribution in [2.24, 2.45) is 0 Å². The molecule has 3 aromatic carbocycles. The molecule has 0 spiro atoms. The number of anilines is 3. The molecule has 0 unspecified atom stereocenters. The van der Waals surface area contributed by atoms with Gasteiger partial charge in [-0.25, -0.2) is 4.79 Å². The third-order valence-corrected chi connectivity index (χ3v) is 8.48. The van der Waals surface area contributed by atoms with Crippen molar-refractivity contribution in [3.63, 3.8) is 0 Å². The minimum atomic E-state index is -1.23. The minimum Gasteiger partial charge on any atom is -0.494 e. The molecule has 4 aromatic rings. The first-order valence-corrected chi connectivity index (χ1v) is 16.6. The third kappa shape index (κ3) is 9.99. The molecule has 1 heterocycles. The topological polar surface area (TPSA) is 82.8 Å². The molecule has 6 nitrogen and oxygen atoms in total. The largest absolute Gasteiger partial charge is 0.494 e. The van der Waals surface area contributed by atoms with E-state index in [9.17, 15) is 9.90 Å². The van der Waals surface area contributed by atoms with Crippen LogP contribution in [0.4, 0.5) is 17.1 Å². The number of nitriles is 1. The second-order valence-corrected chi connectivity index (χ2v) is 12.0. The van der Waals surface area contributed by atoms with Crippen molar-refractivity contribution in [3.05, 3.63) is 95.4 Å². The van der Waals surface area contributed by atoms with Gasteiger partial charge in [-0.05, 0) is 97.3 Å². The number of unbranched alkanes of at least 4 members (excludes halogenated alkanes) is 6. The first-order valence-electron chi connectivity index (χ1n) is 15.8. The number of carboxylic acid groups (broad SMARTS) is 1. The maximum atomic E-state index is 11.2. The lowest BCUT2D eigenvalue weighted by Crippen LogP contribution is -2.10. The van der Waals surface area contributed by atoms with Crippen molar-refractivity contribution < 1.29 is 19.4 Å². The molecule has 0 saturated carbocycles. The first kappa shape index (κ1) is 33.4. The van der Waals surface area contributed by atoms with Crippen molar-refractivity contribution in [1.29, 1.82) is 5.26 Å². The number of ether oxygens (including phenoxy) is 2. The molecule has 7 heteroatoms. The lowest BCUT2D eigenvalue weighted by atomic mass is 10.1. The molecule has 1 N–H and O–H groups in total. The van der Waals surface area contributed by atoms with E-state index in [1.807, 2.05) is 36.4 Å². The van der Waals surface area contributed by atoms with Gasteiger partial charge in [0.1, 0.15) is 23.1 Å². The zero-order valence-electron chi connectivity index (χ0n) is 26.2. The number of hydrogen-bond acceptors (Lipinski definition) is 6. The number of carboxylic acids is 1. The zero-order valence-corrected chi connectivity index (χ0v) is 27.0. The van der Waals surface area contributed by atoms with Crippen LogP contribution in [0.1, 0.15) is 70.1 Å². The highest BCUT2D eigenvalue weighted by atomic mass is 32.1. The average molecular weight is 623 g/mol. The fourth-order valence-corrected chi connectivity index (χ4v) is 5.87. The van der Waals surface area contributed by atoms with Crippen LogP contribution in [0.3, 0.4) is 0 Å². The van der Waals surface area contributed by atoms with Gasteiger partial charge in [0.2, 0.25) is 0 Å². The number of nitrogens with zero attached hydrogens (tertiary/aromatic N) is 2. The van der Waals surface area contributed by atoms with Crippen molar-refractivity contribution >= 4 is 40.4 Å². The Balaban J connectivity index is 1.55. The third-order valence-electron chi connectivity index (χ3n) is 7.40. The lowest BCUT2D eigenvalue weighted by Gasteiger charge is -2.26. The van der Waals surface area contributed by atoms with Crippen LogP contribution >= 0.6 is 11.3 Å². The van der Waals surface area contributed by atoms with Gasteiger partial charge >= 0.3 is 5.97 Å². The fraction of sp³-hybridized carbons (Fsp3) is 0.316. The van der Waals surface area contributed by atoms with Gasteiger partial charge in [0.15, 0.2) is 0 Å². The molecule has 0 aliphatic heterocycles. The van der Waals surface area contributed by atoms with Gasteiger partial charge in [0.05, 0.1) is 13.2 Å². The summed E-state index contributed by atoms with van der Waals surface area (Å²) >= 11 is 1.45. The highest BCUT2D eigenvalue weighted by Gasteiger charge is 2.14. The molecule has 0 aliphatic rings. The average Bonchev–Trinajstić information content (AvgIpc) is 3.54. The van der Waals surface area contributed by atoms with Crippen LogP contribution in [0.2, 0.25) is 0 Å². The van der Waals surface area contributed by atoms with Gasteiger partial charge in [0.25, 0.3) is 0 Å². The summed E-state index contributed by atoms with van der Waals surface area (Å²) in [6.07, 6.45) is 10.8. The molecular weight excluding hydrogens is 580 g/mol. The fourth-order valence-electron chi connectivity index (χ4n) is 4.91. The lowest BCUT2D eigenvalue weighted by molar-refractivity contribution is -0.132. The molecule has 0 bridgehead atoms. The molecular formula is C38H42N2O4S. The number of hydrogen-bond donors (Lipinski definition) is 1. The summed E-state index contributed by atoms with van der Waals surface area (Å²) in [7, 11) is 0. The number of carbonyl (C=O) groups is 1. The van der Waals surface area contributed by atoms with Crippen LogP contribution in [-0.2, 0) is 4.79 Å². The van der Waals surface area contributed by atoms with Crippen molar-refractivity contribution in [3.8, 4) is 28.0 Å². The maximum absolute atomic E-state index is 11.2.